The predicted molar refractivity (Wildman–Crippen MR) is 81.4 cm³/mol. The lowest BCUT2D eigenvalue weighted by Crippen LogP contribution is -2.17. The highest BCUT2D eigenvalue weighted by Crippen LogP contribution is 2.24. The fourth-order valence-electron chi connectivity index (χ4n) is 2.19. The third-order valence-corrected chi connectivity index (χ3v) is 3.39. The number of halogens is 1. The Bertz CT molecular complexity index is 638. The zero-order valence-electron chi connectivity index (χ0n) is 12.3. The van der Waals surface area contributed by atoms with Crippen LogP contribution >= 0.6 is 11.8 Å². The van der Waals surface area contributed by atoms with Gasteiger partial charge in [0, 0.05) is 42.2 Å². The lowest BCUT2D eigenvalue weighted by molar-refractivity contribution is 0.0979. The van der Waals surface area contributed by atoms with Crippen molar-refractivity contribution < 1.29 is 9.53 Å². The van der Waals surface area contributed by atoms with E-state index in [1.165, 1.54) is 0 Å². The van der Waals surface area contributed by atoms with E-state index in [0.717, 1.165) is 11.1 Å². The molecule has 0 saturated carbocycles. The summed E-state index contributed by atoms with van der Waals surface area (Å²) in [6.45, 7) is 4.41. The molecule has 0 bridgehead atoms. The molecule has 112 valence electrons. The molecule has 6 heteroatoms. The summed E-state index contributed by atoms with van der Waals surface area (Å²) < 4.78 is 7.35. The highest BCUT2D eigenvalue weighted by atomic mass is 35.5. The first-order chi connectivity index (χ1) is 10.0. The molecule has 0 aliphatic heterocycles. The quantitative estimate of drug-likeness (QED) is 0.864. The molecule has 0 fully saturated rings. The number of benzene rings is 1. The number of nitrogens with zero attached hydrogens (tertiary/aromatic N) is 2. The fraction of sp³-hybridized carbons (Fsp3) is 0.333. The van der Waals surface area contributed by atoms with Crippen molar-refractivity contribution in [1.29, 1.82) is 0 Å². The molecule has 1 aromatic heterocycles. The van der Waals surface area contributed by atoms with Gasteiger partial charge in [0.15, 0.2) is 0 Å². The topological polar surface area (TPSA) is 56.1 Å². The lowest BCUT2D eigenvalue weighted by Gasteiger charge is -2.16. The number of nitrogens with one attached hydrogen (secondary N) is 1. The Kier molecular flexibility index (Phi) is 4.85. The van der Waals surface area contributed by atoms with E-state index in [1.807, 2.05) is 19.2 Å². The number of aromatic nitrogens is 2. The first-order valence-electron chi connectivity index (χ1n) is 6.68. The Balaban J connectivity index is 2.32. The number of ether oxygens (including phenoxy) is 1. The van der Waals surface area contributed by atoms with Crippen LogP contribution in [0.25, 0.3) is 0 Å². The Morgan fingerprint density at radius 2 is 2.19 bits per heavy atom. The summed E-state index contributed by atoms with van der Waals surface area (Å²) >= 11 is 5.45. The van der Waals surface area contributed by atoms with Crippen LogP contribution in [0.15, 0.2) is 30.5 Å². The van der Waals surface area contributed by atoms with E-state index >= 15 is 0 Å². The van der Waals surface area contributed by atoms with Gasteiger partial charge in [-0.25, -0.2) is 0 Å². The highest BCUT2D eigenvalue weighted by Gasteiger charge is 2.17. The molecule has 0 atom stereocenters. The average molecular weight is 308 g/mol. The van der Waals surface area contributed by atoms with Crippen molar-refractivity contribution in [2.75, 3.05) is 0 Å². The molecule has 0 spiro atoms. The number of rotatable bonds is 5. The molecule has 0 radical (unpaired) electrons. The smallest absolute Gasteiger partial charge is 0.266 e. The summed E-state index contributed by atoms with van der Waals surface area (Å²) in [7, 11) is 1.82. The number of aryl methyl sites for hydroxylation is 1. The number of carbonyl (C=O) groups excluding carboxylic acids is 1. The van der Waals surface area contributed by atoms with Crippen molar-refractivity contribution in [1.82, 2.24) is 14.6 Å². The molecule has 21 heavy (non-hydrogen) atoms. The maximum absolute atomic E-state index is 11.9. The van der Waals surface area contributed by atoms with Crippen LogP contribution in [-0.2, 0) is 13.7 Å². The van der Waals surface area contributed by atoms with Gasteiger partial charge in [-0.3, -0.25) is 14.3 Å². The average Bonchev–Trinajstić information content (AvgIpc) is 2.89. The first-order valence-corrected chi connectivity index (χ1v) is 7.06. The number of amides is 1. The Hall–Kier alpha value is -2.01. The third-order valence-electron chi connectivity index (χ3n) is 3.22. The second-order valence-electron chi connectivity index (χ2n) is 5.07. The maximum Gasteiger partial charge on any atom is 0.266 e. The van der Waals surface area contributed by atoms with E-state index < -0.39 is 0 Å². The van der Waals surface area contributed by atoms with Crippen molar-refractivity contribution in [3.63, 3.8) is 0 Å². The largest absolute Gasteiger partial charge is 0.472 e. The third kappa shape index (κ3) is 3.55. The molecular weight excluding hydrogens is 290 g/mol. The summed E-state index contributed by atoms with van der Waals surface area (Å²) in [4.78, 5) is 14.1. The van der Waals surface area contributed by atoms with Crippen LogP contribution in [0.4, 0.5) is 0 Å². The van der Waals surface area contributed by atoms with E-state index in [9.17, 15) is 4.79 Å². The molecule has 2 aromatic rings. The van der Waals surface area contributed by atoms with Gasteiger partial charge < -0.3 is 4.74 Å². The molecule has 1 N–H and O–H groups in total. The molecule has 1 aromatic carbocycles. The van der Waals surface area contributed by atoms with Crippen molar-refractivity contribution in [2.24, 2.45) is 7.05 Å². The first kappa shape index (κ1) is 15.4. The Labute approximate surface area is 129 Å². The van der Waals surface area contributed by atoms with E-state index in [0.29, 0.717) is 11.4 Å². The minimum absolute atomic E-state index is 0.269. The van der Waals surface area contributed by atoms with Crippen LogP contribution in [0.2, 0.25) is 0 Å². The molecule has 0 unspecified atom stereocenters. The van der Waals surface area contributed by atoms with Gasteiger partial charge in [0.05, 0.1) is 0 Å². The summed E-state index contributed by atoms with van der Waals surface area (Å²) in [5, 5.41) is 4.16. The van der Waals surface area contributed by atoms with Gasteiger partial charge in [-0.1, -0.05) is 26.0 Å². The zero-order chi connectivity index (χ0) is 15.4. The normalized spacial score (nSPS) is 10.7. The SMILES string of the molecule is CC(C)c1cccc(C(=O)NCl)c1COc1ccn(C)n1. The molecular formula is C15H18ClN3O2. The minimum atomic E-state index is -0.334. The zero-order valence-corrected chi connectivity index (χ0v) is 13.0. The van der Waals surface area contributed by atoms with Gasteiger partial charge >= 0.3 is 0 Å². The molecule has 0 saturated heterocycles. The number of carbonyl (C=O) groups is 1. The number of hydrogen-bond donors (Lipinski definition) is 1. The number of hydrogen-bond acceptors (Lipinski definition) is 3. The van der Waals surface area contributed by atoms with Crippen LogP contribution in [0.5, 0.6) is 5.88 Å². The molecule has 1 amide bonds. The summed E-state index contributed by atoms with van der Waals surface area (Å²) in [5.74, 6) is 0.461. The van der Waals surface area contributed by atoms with Crippen LogP contribution in [-0.4, -0.2) is 15.7 Å². The van der Waals surface area contributed by atoms with Crippen molar-refractivity contribution in [2.45, 2.75) is 26.4 Å². The van der Waals surface area contributed by atoms with Crippen molar-refractivity contribution in [3.05, 3.63) is 47.2 Å². The van der Waals surface area contributed by atoms with E-state index in [-0.39, 0.29) is 18.4 Å². The molecule has 0 aliphatic rings. The van der Waals surface area contributed by atoms with Gasteiger partial charge in [-0.2, -0.15) is 0 Å². The van der Waals surface area contributed by atoms with Crippen LogP contribution < -0.4 is 9.57 Å². The summed E-state index contributed by atoms with van der Waals surface area (Å²) in [6.07, 6.45) is 1.80. The van der Waals surface area contributed by atoms with Gasteiger partial charge in [0.1, 0.15) is 6.61 Å². The van der Waals surface area contributed by atoms with Crippen LogP contribution in [0, 0.1) is 0 Å². The predicted octanol–water partition coefficient (Wildman–Crippen LogP) is 3.01. The second-order valence-corrected chi connectivity index (χ2v) is 5.26. The molecule has 2 rings (SSSR count). The molecule has 0 aliphatic carbocycles. The highest BCUT2D eigenvalue weighted by molar-refractivity contribution is 6.24. The van der Waals surface area contributed by atoms with Crippen molar-refractivity contribution in [3.8, 4) is 5.88 Å². The fourth-order valence-corrected chi connectivity index (χ4v) is 2.29. The monoisotopic (exact) mass is 307 g/mol. The van der Waals surface area contributed by atoms with Crippen LogP contribution in [0.3, 0.4) is 0 Å². The summed E-state index contributed by atoms with van der Waals surface area (Å²) in [5.41, 5.74) is 2.41. The molecule has 5 nitrogen and oxygen atoms in total. The van der Waals surface area contributed by atoms with Gasteiger partial charge in [0.2, 0.25) is 5.88 Å². The maximum atomic E-state index is 11.9. The molecule has 1 heterocycles. The minimum Gasteiger partial charge on any atom is -0.472 e. The Morgan fingerprint density at radius 1 is 1.43 bits per heavy atom. The van der Waals surface area contributed by atoms with Gasteiger partial charge in [-0.15, -0.1) is 5.10 Å². The van der Waals surface area contributed by atoms with E-state index in [2.05, 4.69) is 23.8 Å². The Morgan fingerprint density at radius 3 is 2.76 bits per heavy atom. The second kappa shape index (κ2) is 6.63. The van der Waals surface area contributed by atoms with Crippen LogP contribution in [0.1, 0.15) is 41.3 Å². The standard InChI is InChI=1S/C15H18ClN3O2/c1-10(2)11-5-4-6-12(15(20)17-16)13(11)9-21-14-7-8-19(3)18-14/h4-8,10H,9H2,1-3H3,(H,17,20). The van der Waals surface area contributed by atoms with Gasteiger partial charge in [-0.05, 0) is 17.5 Å². The summed E-state index contributed by atoms with van der Waals surface area (Å²) in [6, 6.07) is 7.36. The lowest BCUT2D eigenvalue weighted by atomic mass is 9.93. The van der Waals surface area contributed by atoms with Crippen molar-refractivity contribution >= 4 is 17.7 Å². The van der Waals surface area contributed by atoms with E-state index in [1.54, 1.807) is 23.0 Å². The van der Waals surface area contributed by atoms with Gasteiger partial charge in [0.25, 0.3) is 5.91 Å². The van der Waals surface area contributed by atoms with E-state index in [4.69, 9.17) is 16.5 Å².